The zero-order chi connectivity index (χ0) is 23.4. The van der Waals surface area contributed by atoms with Gasteiger partial charge >= 0.3 is 6.09 Å². The number of benzene rings is 2. The van der Waals surface area contributed by atoms with Gasteiger partial charge in [-0.1, -0.05) is 74.6 Å². The molecule has 6 rings (SSSR count). The molecule has 0 unspecified atom stereocenters. The average Bonchev–Trinajstić information content (AvgIpc) is 2.86. The van der Waals surface area contributed by atoms with Gasteiger partial charge in [0.1, 0.15) is 6.54 Å². The third-order valence-corrected chi connectivity index (χ3v) is 8.33. The monoisotopic (exact) mass is 461 g/mol. The topological polar surface area (TPSA) is 55.4 Å². The Kier molecular flexibility index (Phi) is 7.00. The molecular weight excluding hydrogens is 424 g/mol. The number of carbonyl (C=O) groups is 2. The number of nitrogens with one attached hydrogen (secondary N) is 1. The molecule has 1 amide bonds. The Morgan fingerprint density at radius 3 is 2.44 bits per heavy atom. The molecule has 1 atom stereocenters. The maximum atomic E-state index is 13.0. The number of hydrogen-bond donors (Lipinski definition) is 1. The van der Waals surface area contributed by atoms with Gasteiger partial charge in [0.2, 0.25) is 12.0 Å². The van der Waals surface area contributed by atoms with Gasteiger partial charge in [0.25, 0.3) is 0 Å². The van der Waals surface area contributed by atoms with Crippen molar-refractivity contribution in [2.75, 3.05) is 25.0 Å². The van der Waals surface area contributed by atoms with Crippen LogP contribution in [0.1, 0.15) is 67.3 Å². The largest absolute Gasteiger partial charge is 0.416 e. The first-order chi connectivity index (χ1) is 16.6. The average molecular weight is 462 g/mol. The third kappa shape index (κ3) is 5.35. The molecule has 5 heteroatoms. The van der Waals surface area contributed by atoms with Crippen molar-refractivity contribution >= 4 is 17.6 Å². The van der Waals surface area contributed by atoms with Gasteiger partial charge in [-0.05, 0) is 36.0 Å². The molecule has 2 aromatic carbocycles. The number of amides is 1. The second kappa shape index (κ2) is 10.3. The normalized spacial score (nSPS) is 26.7. The van der Waals surface area contributed by atoms with Crippen LogP contribution in [0, 0.1) is 11.8 Å². The first-order valence-corrected chi connectivity index (χ1v) is 13.1. The maximum absolute atomic E-state index is 13.0. The van der Waals surface area contributed by atoms with Crippen LogP contribution in [-0.4, -0.2) is 42.2 Å². The minimum Gasteiger partial charge on any atom is -0.396 e. The van der Waals surface area contributed by atoms with Crippen LogP contribution in [-0.2, 0) is 11.2 Å². The molecule has 180 valence electrons. The van der Waals surface area contributed by atoms with Crippen LogP contribution < -0.4 is 5.32 Å². The molecule has 0 spiro atoms. The van der Waals surface area contributed by atoms with E-state index in [0.717, 1.165) is 55.9 Å². The summed E-state index contributed by atoms with van der Waals surface area (Å²) in [5.74, 6) is 1.47. The van der Waals surface area contributed by atoms with E-state index in [1.165, 1.54) is 37.7 Å². The van der Waals surface area contributed by atoms with E-state index in [1.807, 2.05) is 42.5 Å². The van der Waals surface area contributed by atoms with E-state index in [0.29, 0.717) is 16.9 Å². The van der Waals surface area contributed by atoms with Gasteiger partial charge in [0.05, 0.1) is 13.1 Å². The van der Waals surface area contributed by atoms with Crippen LogP contribution in [0.5, 0.6) is 0 Å². The molecule has 1 N–H and O–H groups in total. The van der Waals surface area contributed by atoms with Crippen molar-refractivity contribution in [3.8, 4) is 0 Å². The van der Waals surface area contributed by atoms with Crippen molar-refractivity contribution in [3.63, 3.8) is 0 Å². The molecule has 3 aliphatic heterocycles. The zero-order valence-corrected chi connectivity index (χ0v) is 20.1. The highest BCUT2D eigenvalue weighted by molar-refractivity contribution is 5.97. The lowest BCUT2D eigenvalue weighted by Gasteiger charge is -2.52. The molecular formula is C29H37N2O3+. The third-order valence-electron chi connectivity index (χ3n) is 8.33. The summed E-state index contributed by atoms with van der Waals surface area (Å²) in [6.07, 6.45) is 10.1. The first-order valence-electron chi connectivity index (χ1n) is 13.1. The fourth-order valence-electron chi connectivity index (χ4n) is 6.36. The minimum atomic E-state index is -0.406. The Morgan fingerprint density at radius 2 is 1.68 bits per heavy atom. The fraction of sp³-hybridized carbons (Fsp3) is 0.517. The number of anilines is 1. The molecule has 2 bridgehead atoms. The number of Topliss-reactive ketones (excluding diaryl/α,β-unsaturated/α-hetero) is 1. The predicted octanol–water partition coefficient (Wildman–Crippen LogP) is 6.20. The van der Waals surface area contributed by atoms with Gasteiger partial charge in [0.15, 0.2) is 0 Å². The van der Waals surface area contributed by atoms with E-state index < -0.39 is 6.09 Å². The number of carbonyl (C=O) groups excluding carboxylic acids is 2. The van der Waals surface area contributed by atoms with Crippen LogP contribution in [0.2, 0.25) is 0 Å². The van der Waals surface area contributed by atoms with E-state index in [4.69, 9.17) is 4.74 Å². The lowest BCUT2D eigenvalue weighted by atomic mass is 9.84. The van der Waals surface area contributed by atoms with Crippen LogP contribution in [0.15, 0.2) is 54.6 Å². The molecule has 5 nitrogen and oxygen atoms in total. The molecule has 0 radical (unpaired) electrons. The fourth-order valence-corrected chi connectivity index (χ4v) is 6.36. The molecule has 4 aliphatic rings. The Balaban J connectivity index is 1.22. The van der Waals surface area contributed by atoms with Gasteiger partial charge in [-0.15, -0.1) is 0 Å². The van der Waals surface area contributed by atoms with Crippen molar-refractivity contribution in [2.45, 2.75) is 64.0 Å². The number of fused-ring (bicyclic) bond motifs is 3. The van der Waals surface area contributed by atoms with E-state index in [1.54, 1.807) is 0 Å². The second-order valence-electron chi connectivity index (χ2n) is 10.7. The van der Waals surface area contributed by atoms with Crippen molar-refractivity contribution in [2.24, 2.45) is 11.8 Å². The summed E-state index contributed by atoms with van der Waals surface area (Å²) in [4.78, 5) is 26.0. The van der Waals surface area contributed by atoms with Gasteiger partial charge in [-0.2, -0.15) is 0 Å². The summed E-state index contributed by atoms with van der Waals surface area (Å²) in [6.45, 7) is 2.20. The number of hydrogen-bond acceptors (Lipinski definition) is 3. The van der Waals surface area contributed by atoms with Gasteiger partial charge in [-0.3, -0.25) is 14.6 Å². The van der Waals surface area contributed by atoms with Crippen LogP contribution in [0.25, 0.3) is 0 Å². The molecule has 3 saturated heterocycles. The van der Waals surface area contributed by atoms with E-state index in [2.05, 4.69) is 17.4 Å². The second-order valence-corrected chi connectivity index (χ2v) is 10.7. The predicted molar refractivity (Wildman–Crippen MR) is 134 cm³/mol. The van der Waals surface area contributed by atoms with E-state index in [-0.39, 0.29) is 12.0 Å². The van der Waals surface area contributed by atoms with Crippen molar-refractivity contribution < 1.29 is 18.8 Å². The smallest absolute Gasteiger partial charge is 0.396 e. The van der Waals surface area contributed by atoms with Crippen LogP contribution in [0.4, 0.5) is 10.5 Å². The van der Waals surface area contributed by atoms with Crippen LogP contribution >= 0.6 is 0 Å². The SMILES string of the molecule is O=C(Nc1cccc(CC2CCCCC2)c1)O[C@@H]1CC2CC[N+]1(CC(=O)c1ccccc1)CC2. The lowest BCUT2D eigenvalue weighted by molar-refractivity contribution is -0.977. The van der Waals surface area contributed by atoms with E-state index in [9.17, 15) is 9.59 Å². The summed E-state index contributed by atoms with van der Waals surface area (Å²) in [6, 6.07) is 17.7. The number of ketones is 1. The Hall–Kier alpha value is -2.66. The highest BCUT2D eigenvalue weighted by Crippen LogP contribution is 2.39. The highest BCUT2D eigenvalue weighted by Gasteiger charge is 2.50. The standard InChI is InChI=1S/C29H36N2O3/c32-27(25-11-5-2-6-12-25)21-31-16-14-23(15-17-31)20-28(31)34-29(33)30-26-13-7-10-24(19-26)18-22-8-3-1-4-9-22/h2,5-7,10-13,19,22-23,28H,1,3-4,8-9,14-18,20-21H2/p+1/t23?,28-,31?/m1/s1. The molecule has 3 heterocycles. The summed E-state index contributed by atoms with van der Waals surface area (Å²) in [5.41, 5.74) is 2.81. The molecule has 1 aliphatic carbocycles. The number of rotatable bonds is 7. The summed E-state index contributed by atoms with van der Waals surface area (Å²) in [7, 11) is 0. The quantitative estimate of drug-likeness (QED) is 0.395. The van der Waals surface area contributed by atoms with Gasteiger partial charge < -0.3 is 4.74 Å². The Bertz CT molecular complexity index is 991. The van der Waals surface area contributed by atoms with Crippen molar-refractivity contribution in [1.29, 1.82) is 0 Å². The molecule has 2 aromatic rings. The van der Waals surface area contributed by atoms with E-state index >= 15 is 0 Å². The maximum Gasteiger partial charge on any atom is 0.416 e. The molecule has 1 saturated carbocycles. The zero-order valence-electron chi connectivity index (χ0n) is 20.1. The lowest BCUT2D eigenvalue weighted by Crippen LogP contribution is -2.66. The van der Waals surface area contributed by atoms with Crippen molar-refractivity contribution in [3.05, 3.63) is 65.7 Å². The summed E-state index contributed by atoms with van der Waals surface area (Å²) < 4.78 is 6.60. The van der Waals surface area contributed by atoms with Crippen LogP contribution in [0.3, 0.4) is 0 Å². The van der Waals surface area contributed by atoms with Gasteiger partial charge in [0, 0.05) is 30.5 Å². The number of ether oxygens (including phenoxy) is 1. The highest BCUT2D eigenvalue weighted by atomic mass is 16.6. The van der Waals surface area contributed by atoms with Crippen molar-refractivity contribution in [1.82, 2.24) is 0 Å². The molecule has 4 fully saturated rings. The number of nitrogens with zero attached hydrogens (tertiary/aromatic N) is 1. The first kappa shape index (κ1) is 23.1. The summed E-state index contributed by atoms with van der Waals surface area (Å²) >= 11 is 0. The Morgan fingerprint density at radius 1 is 0.912 bits per heavy atom. The molecule has 0 aromatic heterocycles. The Labute approximate surface area is 203 Å². The van der Waals surface area contributed by atoms with Gasteiger partial charge in [-0.25, -0.2) is 4.79 Å². The number of piperidine rings is 3. The molecule has 34 heavy (non-hydrogen) atoms. The number of quaternary nitrogens is 1. The summed E-state index contributed by atoms with van der Waals surface area (Å²) in [5, 5.41) is 2.97. The minimum absolute atomic E-state index is 0.130.